The van der Waals surface area contributed by atoms with Crippen LogP contribution in [0.2, 0.25) is 0 Å². The molecule has 3 rings (SSSR count). The number of imide groups is 1. The number of urea groups is 1. The van der Waals surface area contributed by atoms with Crippen molar-refractivity contribution in [2.24, 2.45) is 0 Å². The maximum absolute atomic E-state index is 13.7. The molecule has 0 aliphatic heterocycles. The molecule has 0 unspecified atom stereocenters. The van der Waals surface area contributed by atoms with Crippen molar-refractivity contribution in [1.82, 2.24) is 15.5 Å². The van der Waals surface area contributed by atoms with E-state index in [1.165, 1.54) is 36.4 Å². The van der Waals surface area contributed by atoms with Gasteiger partial charge in [0.15, 0.2) is 0 Å². The van der Waals surface area contributed by atoms with Crippen LogP contribution < -0.4 is 10.6 Å². The molecule has 7 nitrogen and oxygen atoms in total. The van der Waals surface area contributed by atoms with Crippen LogP contribution in [0.3, 0.4) is 0 Å². The van der Waals surface area contributed by atoms with Gasteiger partial charge in [-0.2, -0.15) is 0 Å². The molecule has 27 heavy (non-hydrogen) atoms. The van der Waals surface area contributed by atoms with Gasteiger partial charge in [0.05, 0.1) is 17.0 Å². The summed E-state index contributed by atoms with van der Waals surface area (Å²) in [6, 6.07) is 10.6. The third-order valence-corrected chi connectivity index (χ3v) is 4.03. The van der Waals surface area contributed by atoms with Crippen LogP contribution in [-0.2, 0) is 4.79 Å². The molecule has 0 bridgehead atoms. The lowest BCUT2D eigenvalue weighted by Gasteiger charge is -2.06. The molecule has 2 N–H and O–H groups in total. The highest BCUT2D eigenvalue weighted by Gasteiger charge is 2.15. The van der Waals surface area contributed by atoms with E-state index in [1.54, 1.807) is 12.1 Å². The minimum Gasteiger partial charge on any atom is -0.411 e. The molecule has 0 aliphatic carbocycles. The minimum absolute atomic E-state index is 0.0201. The zero-order chi connectivity index (χ0) is 19.2. The Morgan fingerprint density at radius 3 is 2.44 bits per heavy atom. The van der Waals surface area contributed by atoms with E-state index in [1.807, 2.05) is 5.32 Å². The number of nitrogens with zero attached hydrogens (tertiary/aromatic N) is 2. The van der Waals surface area contributed by atoms with Gasteiger partial charge in [-0.25, -0.2) is 13.6 Å². The number of rotatable bonds is 5. The molecule has 2 aromatic carbocycles. The Kier molecular flexibility index (Phi) is 5.77. The Labute approximate surface area is 156 Å². The molecule has 3 aromatic rings. The zero-order valence-corrected chi connectivity index (χ0v) is 14.4. The molecule has 1 heterocycles. The molecular weight excluding hydrogens is 378 g/mol. The molecule has 1 aromatic heterocycles. The van der Waals surface area contributed by atoms with E-state index in [0.29, 0.717) is 0 Å². The highest BCUT2D eigenvalue weighted by atomic mass is 32.2. The maximum Gasteiger partial charge on any atom is 0.325 e. The SMILES string of the molecule is O=C(CSc1nnc(-c2ccccc2F)o1)NC(=O)Nc1ccccc1F. The first-order valence-corrected chi connectivity index (χ1v) is 8.58. The van der Waals surface area contributed by atoms with Crippen LogP contribution in [0, 0.1) is 11.6 Å². The monoisotopic (exact) mass is 390 g/mol. The van der Waals surface area contributed by atoms with Gasteiger partial charge in [0.2, 0.25) is 5.91 Å². The minimum atomic E-state index is -0.872. The largest absolute Gasteiger partial charge is 0.411 e. The van der Waals surface area contributed by atoms with Gasteiger partial charge in [-0.05, 0) is 24.3 Å². The fourth-order valence-electron chi connectivity index (χ4n) is 2.02. The number of amides is 3. The van der Waals surface area contributed by atoms with Gasteiger partial charge in [-0.15, -0.1) is 10.2 Å². The third-order valence-electron chi connectivity index (χ3n) is 3.21. The van der Waals surface area contributed by atoms with Crippen molar-refractivity contribution in [1.29, 1.82) is 0 Å². The number of para-hydroxylation sites is 1. The Balaban J connectivity index is 1.52. The average molecular weight is 390 g/mol. The first kappa shape index (κ1) is 18.5. The summed E-state index contributed by atoms with van der Waals surface area (Å²) < 4.78 is 32.4. The normalized spacial score (nSPS) is 10.4. The van der Waals surface area contributed by atoms with Crippen molar-refractivity contribution in [2.45, 2.75) is 5.22 Å². The number of benzene rings is 2. The lowest BCUT2D eigenvalue weighted by Crippen LogP contribution is -2.35. The summed E-state index contributed by atoms with van der Waals surface area (Å²) in [5.74, 6) is -2.02. The van der Waals surface area contributed by atoms with E-state index in [0.717, 1.165) is 11.8 Å². The number of carbonyl (C=O) groups excluding carboxylic acids is 2. The zero-order valence-electron chi connectivity index (χ0n) is 13.6. The van der Waals surface area contributed by atoms with E-state index in [9.17, 15) is 18.4 Å². The molecule has 0 fully saturated rings. The molecule has 0 aliphatic rings. The van der Waals surface area contributed by atoms with Gasteiger partial charge in [0.25, 0.3) is 11.1 Å². The number of carbonyl (C=O) groups is 2. The standard InChI is InChI=1S/C17H12F2N4O3S/c18-11-6-2-1-5-10(11)15-22-23-17(26-15)27-9-14(24)21-16(25)20-13-8-4-3-7-12(13)19/h1-8H,9H2,(H2,20,21,24,25). The van der Waals surface area contributed by atoms with E-state index in [-0.39, 0.29) is 28.1 Å². The smallest absolute Gasteiger partial charge is 0.325 e. The van der Waals surface area contributed by atoms with Crippen LogP contribution in [-0.4, -0.2) is 27.9 Å². The quantitative estimate of drug-likeness (QED) is 0.648. The van der Waals surface area contributed by atoms with Crippen LogP contribution >= 0.6 is 11.8 Å². The Hall–Kier alpha value is -3.27. The molecule has 0 saturated carbocycles. The van der Waals surface area contributed by atoms with Gasteiger partial charge in [0.1, 0.15) is 11.6 Å². The fourth-order valence-corrected chi connectivity index (χ4v) is 2.58. The number of halogens is 2. The highest BCUT2D eigenvalue weighted by molar-refractivity contribution is 7.99. The first-order chi connectivity index (χ1) is 13.0. The van der Waals surface area contributed by atoms with Crippen molar-refractivity contribution in [3.05, 3.63) is 60.2 Å². The molecular formula is C17H12F2N4O3S. The van der Waals surface area contributed by atoms with Crippen LogP contribution in [0.5, 0.6) is 0 Å². The first-order valence-electron chi connectivity index (χ1n) is 7.59. The van der Waals surface area contributed by atoms with Gasteiger partial charge in [-0.3, -0.25) is 10.1 Å². The summed E-state index contributed by atoms with van der Waals surface area (Å²) in [7, 11) is 0. The number of nitrogens with one attached hydrogen (secondary N) is 2. The van der Waals surface area contributed by atoms with Crippen molar-refractivity contribution in [2.75, 3.05) is 11.1 Å². The van der Waals surface area contributed by atoms with Crippen LogP contribution in [0.25, 0.3) is 11.5 Å². The van der Waals surface area contributed by atoms with Crippen molar-refractivity contribution in [3.63, 3.8) is 0 Å². The summed E-state index contributed by atoms with van der Waals surface area (Å²) in [5.41, 5.74) is 0.0902. The van der Waals surface area contributed by atoms with Crippen molar-refractivity contribution in [3.8, 4) is 11.5 Å². The van der Waals surface area contributed by atoms with E-state index in [4.69, 9.17) is 4.42 Å². The maximum atomic E-state index is 13.7. The van der Waals surface area contributed by atoms with Crippen molar-refractivity contribution >= 4 is 29.4 Å². The number of hydrogen-bond donors (Lipinski definition) is 2. The molecule has 0 saturated heterocycles. The lowest BCUT2D eigenvalue weighted by atomic mass is 10.2. The third kappa shape index (κ3) is 4.88. The van der Waals surface area contributed by atoms with Crippen LogP contribution in [0.15, 0.2) is 58.2 Å². The van der Waals surface area contributed by atoms with Crippen molar-refractivity contribution < 1.29 is 22.8 Å². The molecule has 138 valence electrons. The number of aromatic nitrogens is 2. The van der Waals surface area contributed by atoms with Crippen LogP contribution in [0.1, 0.15) is 0 Å². The summed E-state index contributed by atoms with van der Waals surface area (Å²) in [6.07, 6.45) is 0. The molecule has 10 heteroatoms. The lowest BCUT2D eigenvalue weighted by molar-refractivity contribution is -0.117. The number of hydrogen-bond acceptors (Lipinski definition) is 6. The predicted molar refractivity (Wildman–Crippen MR) is 94.0 cm³/mol. The highest BCUT2D eigenvalue weighted by Crippen LogP contribution is 2.24. The summed E-state index contributed by atoms with van der Waals surface area (Å²) in [6.45, 7) is 0. The summed E-state index contributed by atoms with van der Waals surface area (Å²) in [4.78, 5) is 23.5. The van der Waals surface area contributed by atoms with Gasteiger partial charge < -0.3 is 9.73 Å². The van der Waals surface area contributed by atoms with Gasteiger partial charge >= 0.3 is 6.03 Å². The average Bonchev–Trinajstić information content (AvgIpc) is 3.11. The predicted octanol–water partition coefficient (Wildman–Crippen LogP) is 3.46. The second kappa shape index (κ2) is 8.41. The fraction of sp³-hybridized carbons (Fsp3) is 0.0588. The van der Waals surface area contributed by atoms with E-state index in [2.05, 4.69) is 15.5 Å². The van der Waals surface area contributed by atoms with Gasteiger partial charge in [0, 0.05) is 0 Å². The topological polar surface area (TPSA) is 97.1 Å². The Morgan fingerprint density at radius 2 is 1.70 bits per heavy atom. The van der Waals surface area contributed by atoms with E-state index >= 15 is 0 Å². The second-order valence-corrected chi connectivity index (χ2v) is 6.05. The molecule has 3 amide bonds. The number of anilines is 1. The second-order valence-electron chi connectivity index (χ2n) is 5.12. The summed E-state index contributed by atoms with van der Waals surface area (Å²) >= 11 is 0.872. The number of thioether (sulfide) groups is 1. The molecule has 0 radical (unpaired) electrons. The molecule has 0 atom stereocenters. The van der Waals surface area contributed by atoms with E-state index < -0.39 is 23.6 Å². The summed E-state index contributed by atoms with van der Waals surface area (Å²) in [5, 5.41) is 11.7. The Morgan fingerprint density at radius 1 is 1.00 bits per heavy atom. The molecule has 0 spiro atoms. The Bertz CT molecular complexity index is 980. The van der Waals surface area contributed by atoms with Gasteiger partial charge in [-0.1, -0.05) is 36.0 Å². The van der Waals surface area contributed by atoms with Crippen LogP contribution in [0.4, 0.5) is 19.3 Å².